The Morgan fingerprint density at radius 3 is 2.26 bits per heavy atom. The fourth-order valence-electron chi connectivity index (χ4n) is 5.32. The highest BCUT2D eigenvalue weighted by molar-refractivity contribution is 9.09. The van der Waals surface area contributed by atoms with Crippen molar-refractivity contribution in [2.75, 3.05) is 5.32 Å². The summed E-state index contributed by atoms with van der Waals surface area (Å²) in [7, 11) is 0. The summed E-state index contributed by atoms with van der Waals surface area (Å²) < 4.78 is 11.4. The summed E-state index contributed by atoms with van der Waals surface area (Å²) in [6, 6.07) is 15.4. The third-order valence-electron chi connectivity index (χ3n) is 6.90. The molecule has 3 aliphatic rings. The van der Waals surface area contributed by atoms with Crippen LogP contribution in [0.3, 0.4) is 0 Å². The van der Waals surface area contributed by atoms with Gasteiger partial charge < -0.3 is 14.8 Å². The summed E-state index contributed by atoms with van der Waals surface area (Å²) in [5.41, 5.74) is 2.04. The van der Waals surface area contributed by atoms with E-state index in [1.807, 2.05) is 36.4 Å². The molecule has 0 radical (unpaired) electrons. The number of carbonyl (C=O) groups excluding carboxylic acids is 2. The molecule has 2 aromatic rings. The molecule has 0 aromatic heterocycles. The second kappa shape index (κ2) is 7.37. The van der Waals surface area contributed by atoms with Crippen LogP contribution in [0.15, 0.2) is 48.5 Å². The van der Waals surface area contributed by atoms with Crippen LogP contribution in [-0.2, 0) is 19.7 Å². The van der Waals surface area contributed by atoms with Crippen molar-refractivity contribution >= 4 is 33.5 Å². The normalized spacial score (nSPS) is 30.9. The van der Waals surface area contributed by atoms with Gasteiger partial charge >= 0.3 is 5.97 Å². The van der Waals surface area contributed by atoms with E-state index in [0.29, 0.717) is 11.4 Å². The van der Waals surface area contributed by atoms with Crippen molar-refractivity contribution < 1.29 is 19.1 Å². The fraction of sp³-hybridized carbons (Fsp3) is 0.440. The van der Waals surface area contributed by atoms with E-state index in [-0.39, 0.29) is 51.9 Å². The Morgan fingerprint density at radius 2 is 1.65 bits per heavy atom. The number of ether oxygens (including phenoxy) is 2. The Labute approximate surface area is 190 Å². The van der Waals surface area contributed by atoms with Crippen molar-refractivity contribution in [3.05, 3.63) is 54.1 Å². The summed E-state index contributed by atoms with van der Waals surface area (Å²) in [4.78, 5) is 25.3. The summed E-state index contributed by atoms with van der Waals surface area (Å²) in [5, 5.41) is 2.98. The van der Waals surface area contributed by atoms with Gasteiger partial charge in [0.05, 0.1) is 16.7 Å². The van der Waals surface area contributed by atoms with Crippen molar-refractivity contribution in [1.29, 1.82) is 0 Å². The van der Waals surface area contributed by atoms with Crippen LogP contribution in [0.1, 0.15) is 32.8 Å². The minimum absolute atomic E-state index is 0.0661. The van der Waals surface area contributed by atoms with Crippen molar-refractivity contribution in [1.82, 2.24) is 0 Å². The zero-order chi connectivity index (χ0) is 21.9. The zero-order valence-corrected chi connectivity index (χ0v) is 19.4. The van der Waals surface area contributed by atoms with Gasteiger partial charge in [0.25, 0.3) is 0 Å². The van der Waals surface area contributed by atoms with E-state index in [2.05, 4.69) is 54.2 Å². The van der Waals surface area contributed by atoms with E-state index in [1.54, 1.807) is 0 Å². The van der Waals surface area contributed by atoms with Gasteiger partial charge in [0.15, 0.2) is 0 Å². The quantitative estimate of drug-likeness (QED) is 0.474. The number of nitrogens with one attached hydrogen (secondary N) is 1. The van der Waals surface area contributed by atoms with Gasteiger partial charge in [-0.3, -0.25) is 9.59 Å². The molecular weight excluding hydrogens is 458 g/mol. The summed E-state index contributed by atoms with van der Waals surface area (Å²) in [6.45, 7) is 6.54. The molecule has 0 unspecified atom stereocenters. The van der Waals surface area contributed by atoms with E-state index in [1.165, 1.54) is 5.56 Å². The highest BCUT2D eigenvalue weighted by Crippen LogP contribution is 2.60. The lowest BCUT2D eigenvalue weighted by Gasteiger charge is -2.27. The molecule has 1 amide bonds. The molecule has 2 aromatic carbocycles. The van der Waals surface area contributed by atoms with Gasteiger partial charge in [0.1, 0.15) is 17.6 Å². The van der Waals surface area contributed by atoms with Crippen LogP contribution in [0.5, 0.6) is 11.5 Å². The van der Waals surface area contributed by atoms with Gasteiger partial charge in [-0.1, -0.05) is 48.8 Å². The van der Waals surface area contributed by atoms with Crippen molar-refractivity contribution in [3.63, 3.8) is 0 Å². The minimum Gasteiger partial charge on any atom is -0.461 e. The van der Waals surface area contributed by atoms with Gasteiger partial charge in [-0.15, -0.1) is 0 Å². The Balaban J connectivity index is 1.24. The first-order valence-corrected chi connectivity index (χ1v) is 11.7. The maximum atomic E-state index is 13.0. The smallest absolute Gasteiger partial charge is 0.310 e. The molecule has 31 heavy (non-hydrogen) atoms. The van der Waals surface area contributed by atoms with Crippen LogP contribution in [0.4, 0.5) is 5.69 Å². The fourth-order valence-corrected chi connectivity index (χ4v) is 6.37. The van der Waals surface area contributed by atoms with Crippen LogP contribution >= 0.6 is 15.9 Å². The van der Waals surface area contributed by atoms with E-state index in [4.69, 9.17) is 9.47 Å². The van der Waals surface area contributed by atoms with E-state index in [0.717, 1.165) is 12.2 Å². The maximum absolute atomic E-state index is 13.0. The lowest BCUT2D eigenvalue weighted by atomic mass is 9.79. The summed E-state index contributed by atoms with van der Waals surface area (Å²) in [5.74, 6) is 0.809. The number of fused-ring (bicyclic) bond motifs is 1. The topological polar surface area (TPSA) is 64.6 Å². The van der Waals surface area contributed by atoms with Crippen LogP contribution in [0.2, 0.25) is 0 Å². The predicted octanol–water partition coefficient (Wildman–Crippen LogP) is 5.29. The van der Waals surface area contributed by atoms with Crippen LogP contribution in [-0.4, -0.2) is 22.8 Å². The lowest BCUT2D eigenvalue weighted by molar-refractivity contribution is -0.145. The number of benzene rings is 2. The van der Waals surface area contributed by atoms with Gasteiger partial charge in [0.2, 0.25) is 5.91 Å². The number of hydrogen-bond acceptors (Lipinski definition) is 4. The molecule has 1 aliphatic heterocycles. The van der Waals surface area contributed by atoms with Crippen LogP contribution in [0, 0.1) is 23.7 Å². The second-order valence-corrected chi connectivity index (χ2v) is 10.9. The highest BCUT2D eigenvalue weighted by Gasteiger charge is 2.67. The molecule has 1 heterocycles. The standard InChI is InChI=1S/C25H26BrNO4/c1-25(2,3)13-4-8-15(9-5-13)30-16-10-6-14(7-11-16)27-23(28)19-17-12-18-20(19)24(29)31-22(18)21(17)26/h4-11,17-22H,12H2,1-3H3,(H,27,28)/t17-,18-,19-,20+,21+,22+/m1/s1. The van der Waals surface area contributed by atoms with Gasteiger partial charge in [-0.2, -0.15) is 0 Å². The van der Waals surface area contributed by atoms with Crippen LogP contribution in [0.25, 0.3) is 0 Å². The first kappa shape index (κ1) is 20.6. The molecule has 5 nitrogen and oxygen atoms in total. The highest BCUT2D eigenvalue weighted by atomic mass is 79.9. The number of carbonyl (C=O) groups is 2. The first-order valence-electron chi connectivity index (χ1n) is 10.8. The Kier molecular flexibility index (Phi) is 4.88. The van der Waals surface area contributed by atoms with Crippen molar-refractivity contribution in [3.8, 4) is 11.5 Å². The van der Waals surface area contributed by atoms with Crippen molar-refractivity contribution in [2.45, 2.75) is 43.5 Å². The number of anilines is 1. The molecule has 2 bridgehead atoms. The number of rotatable bonds is 4. The van der Waals surface area contributed by atoms with E-state index in [9.17, 15) is 9.59 Å². The summed E-state index contributed by atoms with van der Waals surface area (Å²) in [6.07, 6.45) is 0.802. The SMILES string of the molecule is CC(C)(C)c1ccc(Oc2ccc(NC(=O)[C@@H]3[C@H]4C[C@H]5[C@H](OC(=O)[C@@H]53)[C@H]4Br)cc2)cc1. The van der Waals surface area contributed by atoms with Crippen molar-refractivity contribution in [2.24, 2.45) is 23.7 Å². The van der Waals surface area contributed by atoms with Gasteiger partial charge in [-0.05, 0) is 59.7 Å². The third-order valence-corrected chi connectivity index (χ3v) is 8.10. The minimum atomic E-state index is -0.335. The molecule has 1 N–H and O–H groups in total. The Bertz CT molecular complexity index is 1010. The lowest BCUT2D eigenvalue weighted by Crippen LogP contribution is -2.40. The van der Waals surface area contributed by atoms with Gasteiger partial charge in [-0.25, -0.2) is 0 Å². The molecule has 6 atom stereocenters. The molecule has 1 saturated heterocycles. The second-order valence-electron chi connectivity index (χ2n) is 9.85. The first-order chi connectivity index (χ1) is 14.7. The number of amides is 1. The summed E-state index contributed by atoms with van der Waals surface area (Å²) >= 11 is 3.65. The Morgan fingerprint density at radius 1 is 1.03 bits per heavy atom. The molecule has 2 aliphatic carbocycles. The van der Waals surface area contributed by atoms with E-state index >= 15 is 0 Å². The van der Waals surface area contributed by atoms with Gasteiger partial charge in [0, 0.05) is 11.6 Å². The molecule has 5 rings (SSSR count). The number of esters is 1. The zero-order valence-electron chi connectivity index (χ0n) is 17.8. The average Bonchev–Trinajstić information content (AvgIpc) is 3.33. The molecule has 3 fully saturated rings. The van der Waals surface area contributed by atoms with E-state index < -0.39 is 0 Å². The maximum Gasteiger partial charge on any atom is 0.310 e. The molecule has 162 valence electrons. The third kappa shape index (κ3) is 3.55. The largest absolute Gasteiger partial charge is 0.461 e. The molecule has 6 heteroatoms. The monoisotopic (exact) mass is 483 g/mol. The molecule has 2 saturated carbocycles. The molecular formula is C25H26BrNO4. The average molecular weight is 484 g/mol. The predicted molar refractivity (Wildman–Crippen MR) is 121 cm³/mol. The molecule has 0 spiro atoms. The number of alkyl halides is 1. The van der Waals surface area contributed by atoms with Crippen LogP contribution < -0.4 is 10.1 Å². The number of halogens is 1. The Hall–Kier alpha value is -2.34. The number of hydrogen-bond donors (Lipinski definition) is 1.